The Kier molecular flexibility index (Phi) is 7.85. The first-order valence-electron chi connectivity index (χ1n) is 10.3. The number of likely N-dealkylation sites (N-methyl/N-ethyl adjacent to an activating group) is 1. The van der Waals surface area contributed by atoms with Gasteiger partial charge in [0.15, 0.2) is 0 Å². The van der Waals surface area contributed by atoms with Crippen molar-refractivity contribution in [1.82, 2.24) is 10.2 Å². The van der Waals surface area contributed by atoms with Crippen LogP contribution in [0.3, 0.4) is 0 Å². The standard InChI is InChI=1S/C26H27ClN2O2/c1-19-12-14-21(15-13-19)18-29(25(30)17-22-10-6-7-11-23(22)27)24(26(31)28-2)16-20-8-4-3-5-9-20/h3-15,24H,16-18H2,1-2H3,(H,28,31)/t24-/m0/s1. The van der Waals surface area contributed by atoms with Crippen LogP contribution in [0.25, 0.3) is 0 Å². The second-order valence-electron chi connectivity index (χ2n) is 7.60. The summed E-state index contributed by atoms with van der Waals surface area (Å²) in [6, 6.07) is 24.4. The molecule has 31 heavy (non-hydrogen) atoms. The number of nitrogens with zero attached hydrogens (tertiary/aromatic N) is 1. The Hall–Kier alpha value is -3.11. The molecule has 0 unspecified atom stereocenters. The van der Waals surface area contributed by atoms with E-state index in [2.05, 4.69) is 5.32 Å². The number of hydrogen-bond acceptors (Lipinski definition) is 2. The minimum atomic E-state index is -0.635. The Morgan fingerprint density at radius 2 is 1.55 bits per heavy atom. The summed E-state index contributed by atoms with van der Waals surface area (Å²) in [6.45, 7) is 2.36. The van der Waals surface area contributed by atoms with Gasteiger partial charge in [-0.15, -0.1) is 0 Å². The lowest BCUT2D eigenvalue weighted by Gasteiger charge is -2.31. The maximum atomic E-state index is 13.5. The first-order chi connectivity index (χ1) is 15.0. The average molecular weight is 435 g/mol. The zero-order chi connectivity index (χ0) is 22.2. The van der Waals surface area contributed by atoms with Gasteiger partial charge in [-0.1, -0.05) is 90.0 Å². The number of hydrogen-bond donors (Lipinski definition) is 1. The molecule has 1 N–H and O–H groups in total. The normalized spacial score (nSPS) is 11.6. The van der Waals surface area contributed by atoms with Gasteiger partial charge in [0, 0.05) is 25.0 Å². The van der Waals surface area contributed by atoms with Gasteiger partial charge in [-0.05, 0) is 29.7 Å². The fourth-order valence-electron chi connectivity index (χ4n) is 3.52. The number of carbonyl (C=O) groups excluding carboxylic acids is 2. The fourth-order valence-corrected chi connectivity index (χ4v) is 3.72. The van der Waals surface area contributed by atoms with Crippen LogP contribution in [0.2, 0.25) is 5.02 Å². The van der Waals surface area contributed by atoms with Crippen LogP contribution in [0.1, 0.15) is 22.3 Å². The molecule has 0 heterocycles. The monoisotopic (exact) mass is 434 g/mol. The second-order valence-corrected chi connectivity index (χ2v) is 8.00. The molecule has 0 aliphatic carbocycles. The summed E-state index contributed by atoms with van der Waals surface area (Å²) >= 11 is 6.30. The van der Waals surface area contributed by atoms with Crippen LogP contribution in [0.5, 0.6) is 0 Å². The van der Waals surface area contributed by atoms with Crippen molar-refractivity contribution in [3.05, 3.63) is 106 Å². The van der Waals surface area contributed by atoms with Gasteiger partial charge in [0.2, 0.25) is 11.8 Å². The highest BCUT2D eigenvalue weighted by Gasteiger charge is 2.30. The van der Waals surface area contributed by atoms with E-state index in [1.54, 1.807) is 18.0 Å². The number of amides is 2. The van der Waals surface area contributed by atoms with Crippen molar-refractivity contribution in [3.8, 4) is 0 Å². The first kappa shape index (κ1) is 22.6. The minimum absolute atomic E-state index is 0.133. The summed E-state index contributed by atoms with van der Waals surface area (Å²) in [4.78, 5) is 28.0. The van der Waals surface area contributed by atoms with Crippen LogP contribution in [-0.4, -0.2) is 29.8 Å². The van der Waals surface area contributed by atoms with E-state index >= 15 is 0 Å². The molecule has 0 saturated carbocycles. The number of rotatable bonds is 8. The number of nitrogens with one attached hydrogen (secondary N) is 1. The third-order valence-electron chi connectivity index (χ3n) is 5.29. The van der Waals surface area contributed by atoms with E-state index in [1.807, 2.05) is 79.7 Å². The van der Waals surface area contributed by atoms with Crippen LogP contribution >= 0.6 is 11.6 Å². The predicted molar refractivity (Wildman–Crippen MR) is 125 cm³/mol. The molecular formula is C26H27ClN2O2. The Morgan fingerprint density at radius 1 is 0.903 bits per heavy atom. The van der Waals surface area contributed by atoms with E-state index in [0.29, 0.717) is 18.0 Å². The summed E-state index contributed by atoms with van der Waals surface area (Å²) in [5, 5.41) is 3.28. The van der Waals surface area contributed by atoms with E-state index < -0.39 is 6.04 Å². The molecule has 0 spiro atoms. The van der Waals surface area contributed by atoms with E-state index in [-0.39, 0.29) is 18.2 Å². The smallest absolute Gasteiger partial charge is 0.242 e. The van der Waals surface area contributed by atoms with E-state index in [9.17, 15) is 9.59 Å². The van der Waals surface area contributed by atoms with Crippen molar-refractivity contribution < 1.29 is 9.59 Å². The molecule has 3 aromatic carbocycles. The fraction of sp³-hybridized carbons (Fsp3) is 0.231. The van der Waals surface area contributed by atoms with Crippen LogP contribution in [-0.2, 0) is 29.0 Å². The lowest BCUT2D eigenvalue weighted by atomic mass is 10.0. The molecule has 0 aliphatic heterocycles. The van der Waals surface area contributed by atoms with Gasteiger partial charge >= 0.3 is 0 Å². The van der Waals surface area contributed by atoms with E-state index in [0.717, 1.165) is 22.3 Å². The Labute approximate surface area is 188 Å². The molecule has 2 amide bonds. The number of halogens is 1. The lowest BCUT2D eigenvalue weighted by Crippen LogP contribution is -2.50. The van der Waals surface area contributed by atoms with Crippen LogP contribution in [0, 0.1) is 6.92 Å². The largest absolute Gasteiger partial charge is 0.357 e. The summed E-state index contributed by atoms with van der Waals surface area (Å²) in [5.41, 5.74) is 3.86. The minimum Gasteiger partial charge on any atom is -0.357 e. The summed E-state index contributed by atoms with van der Waals surface area (Å²) in [7, 11) is 1.60. The number of benzene rings is 3. The van der Waals surface area contributed by atoms with Crippen molar-refractivity contribution in [3.63, 3.8) is 0 Å². The van der Waals surface area contributed by atoms with E-state index in [4.69, 9.17) is 11.6 Å². The topological polar surface area (TPSA) is 49.4 Å². The summed E-state index contributed by atoms with van der Waals surface area (Å²) < 4.78 is 0. The zero-order valence-electron chi connectivity index (χ0n) is 17.8. The molecule has 0 aromatic heterocycles. The van der Waals surface area contributed by atoms with Gasteiger partial charge < -0.3 is 10.2 Å². The molecule has 0 bridgehead atoms. The SMILES string of the molecule is CNC(=O)[C@H](Cc1ccccc1)N(Cc1ccc(C)cc1)C(=O)Cc1ccccc1Cl. The first-order valence-corrected chi connectivity index (χ1v) is 10.7. The molecule has 0 radical (unpaired) electrons. The van der Waals surface area contributed by atoms with Gasteiger partial charge in [0.05, 0.1) is 6.42 Å². The van der Waals surface area contributed by atoms with E-state index in [1.165, 1.54) is 0 Å². The van der Waals surface area contributed by atoms with Crippen molar-refractivity contribution >= 4 is 23.4 Å². The highest BCUT2D eigenvalue weighted by atomic mass is 35.5. The third-order valence-corrected chi connectivity index (χ3v) is 5.66. The molecule has 3 aromatic rings. The molecule has 4 nitrogen and oxygen atoms in total. The van der Waals surface area contributed by atoms with Crippen molar-refractivity contribution in [2.45, 2.75) is 32.4 Å². The molecule has 0 saturated heterocycles. The second kappa shape index (κ2) is 10.8. The molecular weight excluding hydrogens is 408 g/mol. The molecule has 5 heteroatoms. The van der Waals surface area contributed by atoms with Gasteiger partial charge in [-0.3, -0.25) is 9.59 Å². The quantitative estimate of drug-likeness (QED) is 0.564. The maximum absolute atomic E-state index is 13.5. The highest BCUT2D eigenvalue weighted by Crippen LogP contribution is 2.20. The Balaban J connectivity index is 1.94. The average Bonchev–Trinajstić information content (AvgIpc) is 2.79. The molecule has 3 rings (SSSR count). The Morgan fingerprint density at radius 3 is 2.19 bits per heavy atom. The predicted octanol–water partition coefficient (Wildman–Crippen LogP) is 4.58. The highest BCUT2D eigenvalue weighted by molar-refractivity contribution is 6.31. The summed E-state index contributed by atoms with van der Waals surface area (Å²) in [6.07, 6.45) is 0.564. The molecule has 0 fully saturated rings. The Bertz CT molecular complexity index is 1020. The molecule has 1 atom stereocenters. The third kappa shape index (κ3) is 6.19. The van der Waals surface area contributed by atoms with Crippen LogP contribution in [0.15, 0.2) is 78.9 Å². The summed E-state index contributed by atoms with van der Waals surface area (Å²) in [5.74, 6) is -0.332. The molecule has 0 aliphatic rings. The lowest BCUT2D eigenvalue weighted by molar-refractivity contribution is -0.140. The van der Waals surface area contributed by atoms with Gasteiger partial charge in [-0.25, -0.2) is 0 Å². The van der Waals surface area contributed by atoms with Crippen molar-refractivity contribution in [2.75, 3.05) is 7.05 Å². The van der Waals surface area contributed by atoms with Crippen molar-refractivity contribution in [2.24, 2.45) is 0 Å². The number of aryl methyl sites for hydroxylation is 1. The maximum Gasteiger partial charge on any atom is 0.242 e. The van der Waals surface area contributed by atoms with Crippen molar-refractivity contribution in [1.29, 1.82) is 0 Å². The van der Waals surface area contributed by atoms with Crippen LogP contribution < -0.4 is 5.32 Å². The van der Waals surface area contributed by atoms with Gasteiger partial charge in [0.1, 0.15) is 6.04 Å². The van der Waals surface area contributed by atoms with Gasteiger partial charge in [0.25, 0.3) is 0 Å². The molecule has 160 valence electrons. The number of carbonyl (C=O) groups is 2. The van der Waals surface area contributed by atoms with Gasteiger partial charge in [-0.2, -0.15) is 0 Å². The zero-order valence-corrected chi connectivity index (χ0v) is 18.6. The van der Waals surface area contributed by atoms with Crippen LogP contribution in [0.4, 0.5) is 0 Å².